The van der Waals surface area contributed by atoms with Gasteiger partial charge in [-0.3, -0.25) is 5.32 Å². The summed E-state index contributed by atoms with van der Waals surface area (Å²) in [5.74, 6) is 0. The zero-order chi connectivity index (χ0) is 12.5. The van der Waals surface area contributed by atoms with Gasteiger partial charge < -0.3 is 4.48 Å². The molecule has 1 aromatic carbocycles. The minimum atomic E-state index is 0.109. The molecule has 1 aromatic rings. The number of hydrogen-bond acceptors (Lipinski definition) is 1. The zero-order valence-electron chi connectivity index (χ0n) is 11.6. The summed E-state index contributed by atoms with van der Waals surface area (Å²) in [6, 6.07) is 8.93. The van der Waals surface area contributed by atoms with Gasteiger partial charge in [-0.15, -0.1) is 0 Å². The van der Waals surface area contributed by atoms with Crippen LogP contribution in [-0.4, -0.2) is 31.3 Å². The highest BCUT2D eigenvalue weighted by Crippen LogP contribution is 2.26. The van der Waals surface area contributed by atoms with Gasteiger partial charge >= 0.3 is 0 Å². The lowest BCUT2D eigenvalue weighted by molar-refractivity contribution is -0.781. The Hall–Kier alpha value is -0.860. The maximum absolute atomic E-state index is 3.76. The molecule has 1 aliphatic rings. The first-order valence-electron chi connectivity index (χ1n) is 6.63. The Kier molecular flexibility index (Phi) is 3.28. The first kappa shape index (κ1) is 12.6. The molecule has 0 bridgehead atoms. The molecule has 0 aliphatic carbocycles. The van der Waals surface area contributed by atoms with Crippen LogP contribution in [0.5, 0.6) is 0 Å². The highest BCUT2D eigenvalue weighted by Gasteiger charge is 2.38. The molecule has 1 fully saturated rings. The van der Waals surface area contributed by atoms with Gasteiger partial charge in [-0.1, -0.05) is 36.8 Å². The zero-order valence-corrected chi connectivity index (χ0v) is 11.6. The van der Waals surface area contributed by atoms with Gasteiger partial charge in [0.2, 0.25) is 0 Å². The smallest absolute Gasteiger partial charge is 0.133 e. The lowest BCUT2D eigenvalue weighted by atomic mass is 9.89. The molecule has 1 N–H and O–H groups in total. The number of hydrogen-bond donors (Lipinski definition) is 1. The molecule has 1 atom stereocenters. The average Bonchev–Trinajstić information content (AvgIpc) is 3.06. The Balaban J connectivity index is 2.09. The minimum absolute atomic E-state index is 0.109. The van der Waals surface area contributed by atoms with Crippen LogP contribution in [0.3, 0.4) is 0 Å². The average molecular weight is 233 g/mol. The number of nitrogens with zero attached hydrogens (tertiary/aromatic N) is 1. The fraction of sp³-hybridized carbons (Fsp3) is 0.600. The highest BCUT2D eigenvalue weighted by molar-refractivity contribution is 5.27. The van der Waals surface area contributed by atoms with Crippen molar-refractivity contribution in [1.29, 1.82) is 0 Å². The van der Waals surface area contributed by atoms with E-state index in [0.29, 0.717) is 0 Å². The SMILES string of the molecule is CCC(C)(NC[N+]1(C)CC1)c1ccc(C)cc1. The van der Waals surface area contributed by atoms with Crippen molar-refractivity contribution in [3.63, 3.8) is 0 Å². The molecule has 1 aliphatic heterocycles. The molecular weight excluding hydrogens is 208 g/mol. The first-order chi connectivity index (χ1) is 7.97. The van der Waals surface area contributed by atoms with Crippen LogP contribution in [0.4, 0.5) is 0 Å². The van der Waals surface area contributed by atoms with Crippen LogP contribution in [-0.2, 0) is 5.54 Å². The molecule has 1 unspecified atom stereocenters. The van der Waals surface area contributed by atoms with Crippen LogP contribution >= 0.6 is 0 Å². The Bertz CT molecular complexity index is 378. The van der Waals surface area contributed by atoms with Crippen molar-refractivity contribution < 1.29 is 4.48 Å². The number of rotatable bonds is 5. The van der Waals surface area contributed by atoms with Gasteiger partial charge in [0.25, 0.3) is 0 Å². The maximum Gasteiger partial charge on any atom is 0.133 e. The van der Waals surface area contributed by atoms with E-state index in [4.69, 9.17) is 0 Å². The third-order valence-corrected chi connectivity index (χ3v) is 4.23. The van der Waals surface area contributed by atoms with E-state index < -0.39 is 0 Å². The fourth-order valence-corrected chi connectivity index (χ4v) is 2.05. The normalized spacial score (nSPS) is 20.9. The van der Waals surface area contributed by atoms with Crippen LogP contribution in [0.2, 0.25) is 0 Å². The Morgan fingerprint density at radius 3 is 2.29 bits per heavy atom. The fourth-order valence-electron chi connectivity index (χ4n) is 2.05. The van der Waals surface area contributed by atoms with Crippen molar-refractivity contribution >= 4 is 0 Å². The summed E-state index contributed by atoms with van der Waals surface area (Å²) in [4.78, 5) is 0. The van der Waals surface area contributed by atoms with Crippen LogP contribution in [0.15, 0.2) is 24.3 Å². The second-order valence-corrected chi connectivity index (χ2v) is 5.95. The van der Waals surface area contributed by atoms with Gasteiger partial charge in [0.1, 0.15) is 19.8 Å². The molecule has 0 amide bonds. The van der Waals surface area contributed by atoms with Crippen LogP contribution in [0.1, 0.15) is 31.4 Å². The summed E-state index contributed by atoms with van der Waals surface area (Å²) >= 11 is 0. The van der Waals surface area contributed by atoms with Gasteiger partial charge in [-0.25, -0.2) is 0 Å². The Morgan fingerprint density at radius 1 is 1.24 bits per heavy atom. The predicted octanol–water partition coefficient (Wildman–Crippen LogP) is 2.63. The van der Waals surface area contributed by atoms with Gasteiger partial charge in [-0.2, -0.15) is 0 Å². The van der Waals surface area contributed by atoms with Crippen molar-refractivity contribution in [3.05, 3.63) is 35.4 Å². The highest BCUT2D eigenvalue weighted by atomic mass is 15.5. The minimum Gasteiger partial charge on any atom is -0.304 e. The molecule has 0 spiro atoms. The molecule has 1 saturated heterocycles. The van der Waals surface area contributed by atoms with E-state index in [1.807, 2.05) is 0 Å². The van der Waals surface area contributed by atoms with E-state index in [9.17, 15) is 0 Å². The lowest BCUT2D eigenvalue weighted by Gasteiger charge is -2.31. The molecule has 0 aromatic heterocycles. The Morgan fingerprint density at radius 2 is 1.82 bits per heavy atom. The Labute approximate surface area is 105 Å². The molecule has 17 heavy (non-hydrogen) atoms. The second-order valence-electron chi connectivity index (χ2n) is 5.95. The summed E-state index contributed by atoms with van der Waals surface area (Å²) < 4.78 is 1.18. The standard InChI is InChI=1S/C15H25N2/c1-5-15(3,16-12-17(4)10-11-17)14-8-6-13(2)7-9-14/h6-9,16H,5,10-12H2,1-4H3/q+1. The van der Waals surface area contributed by atoms with Crippen molar-refractivity contribution in [3.8, 4) is 0 Å². The van der Waals surface area contributed by atoms with E-state index >= 15 is 0 Å². The molecule has 94 valence electrons. The van der Waals surface area contributed by atoms with Crippen molar-refractivity contribution in [2.45, 2.75) is 32.7 Å². The summed E-state index contributed by atoms with van der Waals surface area (Å²) in [5, 5.41) is 3.76. The summed E-state index contributed by atoms with van der Waals surface area (Å²) in [6.07, 6.45) is 1.12. The number of benzene rings is 1. The van der Waals surface area contributed by atoms with E-state index in [-0.39, 0.29) is 5.54 Å². The number of quaternary nitrogens is 1. The van der Waals surface area contributed by atoms with Crippen LogP contribution in [0.25, 0.3) is 0 Å². The quantitative estimate of drug-likeness (QED) is 0.609. The second kappa shape index (κ2) is 4.43. The molecular formula is C15H25N2+. The van der Waals surface area contributed by atoms with Crippen molar-refractivity contribution in [2.24, 2.45) is 0 Å². The van der Waals surface area contributed by atoms with Gasteiger partial charge in [-0.05, 0) is 25.8 Å². The summed E-state index contributed by atoms with van der Waals surface area (Å²) in [7, 11) is 2.32. The lowest BCUT2D eigenvalue weighted by Crippen LogP contribution is -2.45. The van der Waals surface area contributed by atoms with Gasteiger partial charge in [0.05, 0.1) is 7.05 Å². The van der Waals surface area contributed by atoms with E-state index in [0.717, 1.165) is 13.1 Å². The number of likely N-dealkylation sites (N-methyl/N-ethyl adjacent to an activating group) is 1. The summed E-state index contributed by atoms with van der Waals surface area (Å²) in [5.41, 5.74) is 2.84. The van der Waals surface area contributed by atoms with E-state index in [1.54, 1.807) is 0 Å². The third-order valence-electron chi connectivity index (χ3n) is 4.23. The topological polar surface area (TPSA) is 12.0 Å². The van der Waals surface area contributed by atoms with Gasteiger partial charge in [0.15, 0.2) is 0 Å². The molecule has 1 heterocycles. The van der Waals surface area contributed by atoms with Crippen LogP contribution < -0.4 is 5.32 Å². The largest absolute Gasteiger partial charge is 0.304 e. The van der Waals surface area contributed by atoms with Gasteiger partial charge in [0, 0.05) is 5.54 Å². The molecule has 0 radical (unpaired) electrons. The number of nitrogens with one attached hydrogen (secondary N) is 1. The number of aryl methyl sites for hydroxylation is 1. The van der Waals surface area contributed by atoms with Crippen LogP contribution in [0, 0.1) is 6.92 Å². The first-order valence-corrected chi connectivity index (χ1v) is 6.63. The third kappa shape index (κ3) is 2.88. The van der Waals surface area contributed by atoms with Crippen molar-refractivity contribution in [1.82, 2.24) is 5.32 Å². The molecule has 2 rings (SSSR count). The van der Waals surface area contributed by atoms with E-state index in [2.05, 4.69) is 57.4 Å². The molecule has 2 nitrogen and oxygen atoms in total. The van der Waals surface area contributed by atoms with Crippen molar-refractivity contribution in [2.75, 3.05) is 26.8 Å². The molecule has 2 heteroatoms. The monoisotopic (exact) mass is 233 g/mol. The predicted molar refractivity (Wildman–Crippen MR) is 72.7 cm³/mol. The maximum atomic E-state index is 3.76. The van der Waals surface area contributed by atoms with E-state index in [1.165, 1.54) is 28.7 Å². The molecule has 0 saturated carbocycles. The summed E-state index contributed by atoms with van der Waals surface area (Å²) in [6.45, 7) is 10.4.